The largest absolute Gasteiger partial charge is 0.352 e. The molecular formula is C17H24N2O. The maximum absolute atomic E-state index is 12.0. The summed E-state index contributed by atoms with van der Waals surface area (Å²) >= 11 is 0. The summed E-state index contributed by atoms with van der Waals surface area (Å²) in [4.78, 5) is 14.4. The number of benzene rings is 1. The van der Waals surface area contributed by atoms with Crippen LogP contribution in [-0.2, 0) is 11.3 Å². The second-order valence-corrected chi connectivity index (χ2v) is 5.53. The lowest BCUT2D eigenvalue weighted by Gasteiger charge is -2.32. The molecule has 1 aliphatic heterocycles. The first kappa shape index (κ1) is 14.8. The van der Waals surface area contributed by atoms with E-state index in [9.17, 15) is 4.79 Å². The van der Waals surface area contributed by atoms with Crippen LogP contribution in [0.15, 0.2) is 36.9 Å². The van der Waals surface area contributed by atoms with Crippen molar-refractivity contribution in [1.29, 1.82) is 0 Å². The Kier molecular flexibility index (Phi) is 5.36. The number of rotatable bonds is 5. The minimum absolute atomic E-state index is 0.118. The van der Waals surface area contributed by atoms with Gasteiger partial charge in [0.15, 0.2) is 0 Å². The molecule has 0 bridgehead atoms. The Balaban J connectivity index is 1.92. The van der Waals surface area contributed by atoms with Crippen LogP contribution in [0.2, 0.25) is 0 Å². The van der Waals surface area contributed by atoms with Crippen LogP contribution in [-0.4, -0.2) is 30.4 Å². The highest BCUT2D eigenvalue weighted by Gasteiger charge is 2.25. The van der Waals surface area contributed by atoms with Crippen molar-refractivity contribution in [2.45, 2.75) is 26.3 Å². The van der Waals surface area contributed by atoms with Crippen molar-refractivity contribution in [3.8, 4) is 0 Å². The Labute approximate surface area is 121 Å². The van der Waals surface area contributed by atoms with Gasteiger partial charge in [-0.2, -0.15) is 0 Å². The third-order valence-electron chi connectivity index (χ3n) is 3.95. The molecule has 0 radical (unpaired) electrons. The average Bonchev–Trinajstić information content (AvgIpc) is 2.47. The maximum Gasteiger partial charge on any atom is 0.224 e. The molecule has 1 fully saturated rings. The third-order valence-corrected chi connectivity index (χ3v) is 3.95. The summed E-state index contributed by atoms with van der Waals surface area (Å²) in [5, 5.41) is 2.91. The molecular weight excluding hydrogens is 248 g/mol. The minimum Gasteiger partial charge on any atom is -0.352 e. The van der Waals surface area contributed by atoms with Crippen molar-refractivity contribution < 1.29 is 4.79 Å². The van der Waals surface area contributed by atoms with Crippen molar-refractivity contribution in [3.05, 3.63) is 48.0 Å². The van der Waals surface area contributed by atoms with Gasteiger partial charge in [-0.25, -0.2) is 0 Å². The lowest BCUT2D eigenvalue weighted by Crippen LogP contribution is -2.42. The minimum atomic E-state index is 0.118. The summed E-state index contributed by atoms with van der Waals surface area (Å²) in [6.45, 7) is 9.23. The highest BCUT2D eigenvalue weighted by Crippen LogP contribution is 2.20. The van der Waals surface area contributed by atoms with Crippen molar-refractivity contribution in [2.24, 2.45) is 5.92 Å². The number of amides is 1. The summed E-state index contributed by atoms with van der Waals surface area (Å²) in [7, 11) is 0. The van der Waals surface area contributed by atoms with Crippen LogP contribution in [0.3, 0.4) is 0 Å². The number of piperidine rings is 1. The van der Waals surface area contributed by atoms with Gasteiger partial charge >= 0.3 is 0 Å². The van der Waals surface area contributed by atoms with Crippen molar-refractivity contribution >= 4 is 5.91 Å². The molecule has 1 aliphatic rings. The van der Waals surface area contributed by atoms with E-state index in [0.29, 0.717) is 6.54 Å². The monoisotopic (exact) mass is 272 g/mol. The predicted octanol–water partition coefficient (Wildman–Crippen LogP) is 2.51. The topological polar surface area (TPSA) is 32.3 Å². The van der Waals surface area contributed by atoms with E-state index in [0.717, 1.165) is 32.5 Å². The van der Waals surface area contributed by atoms with Gasteiger partial charge in [0.05, 0.1) is 5.92 Å². The molecule has 3 nitrogen and oxygen atoms in total. The third kappa shape index (κ3) is 3.94. The van der Waals surface area contributed by atoms with E-state index in [1.165, 1.54) is 11.1 Å². The van der Waals surface area contributed by atoms with Gasteiger partial charge in [-0.1, -0.05) is 30.3 Å². The zero-order chi connectivity index (χ0) is 14.4. The van der Waals surface area contributed by atoms with Gasteiger partial charge < -0.3 is 5.32 Å². The molecule has 1 N–H and O–H groups in total. The summed E-state index contributed by atoms with van der Waals surface area (Å²) in [6.07, 6.45) is 3.82. The normalized spacial score (nSPS) is 19.6. The Morgan fingerprint density at radius 3 is 3.05 bits per heavy atom. The average molecular weight is 272 g/mol. The standard InChI is InChI=1S/C17H24N2O/c1-3-10-18-17(20)16-9-6-11-19(13-16)12-15-8-5-4-7-14(15)2/h3-5,7-8,16H,1,6,9-13H2,2H3,(H,18,20). The molecule has 1 aromatic rings. The second-order valence-electron chi connectivity index (χ2n) is 5.53. The van der Waals surface area contributed by atoms with Gasteiger partial charge in [-0.05, 0) is 37.4 Å². The van der Waals surface area contributed by atoms with Crippen molar-refractivity contribution in [3.63, 3.8) is 0 Å². The van der Waals surface area contributed by atoms with E-state index in [1.807, 2.05) is 0 Å². The van der Waals surface area contributed by atoms with Crippen LogP contribution in [0.5, 0.6) is 0 Å². The molecule has 1 unspecified atom stereocenters. The fourth-order valence-corrected chi connectivity index (χ4v) is 2.76. The molecule has 20 heavy (non-hydrogen) atoms. The lowest BCUT2D eigenvalue weighted by molar-refractivity contribution is -0.126. The first-order valence-electron chi connectivity index (χ1n) is 7.36. The second kappa shape index (κ2) is 7.25. The number of likely N-dealkylation sites (tertiary alicyclic amines) is 1. The summed E-state index contributed by atoms with van der Waals surface area (Å²) in [5.41, 5.74) is 2.69. The molecule has 3 heteroatoms. The number of hydrogen-bond acceptors (Lipinski definition) is 2. The first-order chi connectivity index (χ1) is 9.70. The van der Waals surface area contributed by atoms with E-state index >= 15 is 0 Å². The molecule has 0 aliphatic carbocycles. The van der Waals surface area contributed by atoms with E-state index in [4.69, 9.17) is 0 Å². The molecule has 1 atom stereocenters. The van der Waals surface area contributed by atoms with Gasteiger partial charge in [-0.15, -0.1) is 6.58 Å². The summed E-state index contributed by atoms with van der Waals surface area (Å²) < 4.78 is 0. The fraction of sp³-hybridized carbons (Fsp3) is 0.471. The van der Waals surface area contributed by atoms with Crippen LogP contribution in [0.1, 0.15) is 24.0 Å². The number of carbonyl (C=O) groups excluding carboxylic acids is 1. The number of carbonyl (C=O) groups is 1. The Morgan fingerprint density at radius 1 is 1.50 bits per heavy atom. The zero-order valence-corrected chi connectivity index (χ0v) is 12.3. The van der Waals surface area contributed by atoms with Crippen LogP contribution in [0, 0.1) is 12.8 Å². The first-order valence-corrected chi connectivity index (χ1v) is 7.36. The lowest BCUT2D eigenvalue weighted by atomic mass is 9.96. The van der Waals surface area contributed by atoms with Crippen LogP contribution in [0.25, 0.3) is 0 Å². The number of hydrogen-bond donors (Lipinski definition) is 1. The van der Waals surface area contributed by atoms with Crippen molar-refractivity contribution in [2.75, 3.05) is 19.6 Å². The molecule has 1 amide bonds. The van der Waals surface area contributed by atoms with E-state index in [-0.39, 0.29) is 11.8 Å². The molecule has 0 spiro atoms. The van der Waals surface area contributed by atoms with Gasteiger partial charge in [0.25, 0.3) is 0 Å². The molecule has 1 saturated heterocycles. The van der Waals surface area contributed by atoms with Crippen LogP contribution < -0.4 is 5.32 Å². The molecule has 0 saturated carbocycles. The van der Waals surface area contributed by atoms with Crippen molar-refractivity contribution in [1.82, 2.24) is 10.2 Å². The summed E-state index contributed by atoms with van der Waals surface area (Å²) in [5.74, 6) is 0.284. The maximum atomic E-state index is 12.0. The van der Waals surface area contributed by atoms with Crippen LogP contribution in [0.4, 0.5) is 0 Å². The van der Waals surface area contributed by atoms with Crippen LogP contribution >= 0.6 is 0 Å². The number of nitrogens with one attached hydrogen (secondary N) is 1. The highest BCUT2D eigenvalue weighted by atomic mass is 16.1. The van der Waals surface area contributed by atoms with Gasteiger partial charge in [0.2, 0.25) is 5.91 Å². The fourth-order valence-electron chi connectivity index (χ4n) is 2.76. The van der Waals surface area contributed by atoms with E-state index < -0.39 is 0 Å². The zero-order valence-electron chi connectivity index (χ0n) is 12.3. The van der Waals surface area contributed by atoms with E-state index in [1.54, 1.807) is 6.08 Å². The molecule has 1 aromatic carbocycles. The molecule has 0 aromatic heterocycles. The predicted molar refractivity (Wildman–Crippen MR) is 82.4 cm³/mol. The Bertz CT molecular complexity index is 470. The highest BCUT2D eigenvalue weighted by molar-refractivity contribution is 5.79. The molecule has 2 rings (SSSR count). The van der Waals surface area contributed by atoms with E-state index in [2.05, 4.69) is 48.0 Å². The molecule has 108 valence electrons. The van der Waals surface area contributed by atoms with Gasteiger partial charge in [-0.3, -0.25) is 9.69 Å². The SMILES string of the molecule is C=CCNC(=O)C1CCCN(Cc2ccccc2C)C1. The van der Waals surface area contributed by atoms with Gasteiger partial charge in [0.1, 0.15) is 0 Å². The van der Waals surface area contributed by atoms with Gasteiger partial charge in [0, 0.05) is 19.6 Å². The Morgan fingerprint density at radius 2 is 2.30 bits per heavy atom. The Hall–Kier alpha value is -1.61. The summed E-state index contributed by atoms with van der Waals surface area (Å²) in [6, 6.07) is 8.48. The quantitative estimate of drug-likeness (QED) is 0.835. The smallest absolute Gasteiger partial charge is 0.224 e. The number of aryl methyl sites for hydroxylation is 1. The number of nitrogens with zero attached hydrogens (tertiary/aromatic N) is 1. The molecule has 1 heterocycles.